The van der Waals surface area contributed by atoms with Gasteiger partial charge in [0.05, 0.1) is 5.92 Å². The first kappa shape index (κ1) is 16.4. The molecule has 2 fully saturated rings. The quantitative estimate of drug-likeness (QED) is 0.518. The molecule has 1 saturated heterocycles. The van der Waals surface area contributed by atoms with E-state index >= 15 is 0 Å². The van der Waals surface area contributed by atoms with Gasteiger partial charge in [0.25, 0.3) is 0 Å². The SMILES string of the molecule is O=C(Oc1ccc2oc3ccccc3c2c1)C1CCN(C(=O)C2CC2)CC1. The standard InChI is InChI=1S/C22H21NO4/c24-21(14-5-6-14)23-11-9-15(10-12-23)22(25)26-16-7-8-20-18(13-16)17-3-1-2-4-19(17)27-20/h1-4,7-8,13-15H,5-6,9-12H2. The first-order chi connectivity index (χ1) is 13.2. The lowest BCUT2D eigenvalue weighted by atomic mass is 9.96. The summed E-state index contributed by atoms with van der Waals surface area (Å²) in [4.78, 5) is 26.6. The first-order valence-electron chi connectivity index (χ1n) is 9.61. The van der Waals surface area contributed by atoms with Gasteiger partial charge in [-0.25, -0.2) is 0 Å². The van der Waals surface area contributed by atoms with Gasteiger partial charge in [-0.3, -0.25) is 9.59 Å². The van der Waals surface area contributed by atoms with Crippen molar-refractivity contribution in [3.63, 3.8) is 0 Å². The average molecular weight is 363 g/mol. The van der Waals surface area contributed by atoms with Gasteiger partial charge in [-0.1, -0.05) is 18.2 Å². The molecule has 138 valence electrons. The van der Waals surface area contributed by atoms with E-state index in [-0.39, 0.29) is 23.7 Å². The number of carbonyl (C=O) groups is 2. The van der Waals surface area contributed by atoms with Crippen molar-refractivity contribution in [1.82, 2.24) is 4.90 Å². The van der Waals surface area contributed by atoms with E-state index in [9.17, 15) is 9.59 Å². The molecule has 1 aliphatic carbocycles. The summed E-state index contributed by atoms with van der Waals surface area (Å²) in [5.41, 5.74) is 1.60. The first-order valence-corrected chi connectivity index (χ1v) is 9.61. The Morgan fingerprint density at radius 2 is 1.63 bits per heavy atom. The van der Waals surface area contributed by atoms with Gasteiger partial charge in [-0.05, 0) is 49.9 Å². The number of furan rings is 1. The fraction of sp³-hybridized carbons (Fsp3) is 0.364. The number of likely N-dealkylation sites (tertiary alicyclic amines) is 1. The summed E-state index contributed by atoms with van der Waals surface area (Å²) in [6.07, 6.45) is 3.39. The summed E-state index contributed by atoms with van der Waals surface area (Å²) in [6.45, 7) is 1.31. The van der Waals surface area contributed by atoms with Gasteiger partial charge in [0.15, 0.2) is 0 Å². The number of hydrogen-bond acceptors (Lipinski definition) is 4. The highest BCUT2D eigenvalue weighted by molar-refractivity contribution is 6.05. The lowest BCUT2D eigenvalue weighted by Gasteiger charge is -2.31. The van der Waals surface area contributed by atoms with Crippen molar-refractivity contribution in [2.45, 2.75) is 25.7 Å². The minimum absolute atomic E-state index is 0.148. The fourth-order valence-corrected chi connectivity index (χ4v) is 3.89. The number of benzene rings is 2. The predicted molar refractivity (Wildman–Crippen MR) is 101 cm³/mol. The van der Waals surface area contributed by atoms with Crippen LogP contribution in [0.25, 0.3) is 21.9 Å². The number of ether oxygens (including phenoxy) is 1. The topological polar surface area (TPSA) is 59.8 Å². The molecule has 0 spiro atoms. The average Bonchev–Trinajstić information content (AvgIpc) is 3.49. The molecule has 1 aromatic heterocycles. The van der Waals surface area contributed by atoms with Crippen LogP contribution in [-0.4, -0.2) is 29.9 Å². The van der Waals surface area contributed by atoms with Crippen molar-refractivity contribution >= 4 is 33.8 Å². The molecule has 5 heteroatoms. The van der Waals surface area contributed by atoms with Crippen LogP contribution in [0.1, 0.15) is 25.7 Å². The van der Waals surface area contributed by atoms with Crippen molar-refractivity contribution in [3.05, 3.63) is 42.5 Å². The Bertz CT molecular complexity index is 1030. The van der Waals surface area contributed by atoms with Gasteiger partial charge in [-0.15, -0.1) is 0 Å². The van der Waals surface area contributed by atoms with E-state index in [1.54, 1.807) is 6.07 Å². The van der Waals surface area contributed by atoms with Crippen LogP contribution in [0.2, 0.25) is 0 Å². The zero-order valence-corrected chi connectivity index (χ0v) is 15.0. The molecule has 5 nitrogen and oxygen atoms in total. The number of nitrogens with zero attached hydrogens (tertiary/aromatic N) is 1. The van der Waals surface area contributed by atoms with Crippen LogP contribution in [0.15, 0.2) is 46.9 Å². The molecule has 5 rings (SSSR count). The number of esters is 1. The number of fused-ring (bicyclic) bond motifs is 3. The van der Waals surface area contributed by atoms with Crippen molar-refractivity contribution in [2.75, 3.05) is 13.1 Å². The zero-order chi connectivity index (χ0) is 18.4. The molecule has 0 radical (unpaired) electrons. The number of para-hydroxylation sites is 1. The van der Waals surface area contributed by atoms with E-state index in [0.29, 0.717) is 31.7 Å². The van der Waals surface area contributed by atoms with Gasteiger partial charge in [-0.2, -0.15) is 0 Å². The highest BCUT2D eigenvalue weighted by atomic mass is 16.5. The molecule has 1 aliphatic heterocycles. The second kappa shape index (κ2) is 6.41. The highest BCUT2D eigenvalue weighted by Crippen LogP contribution is 2.34. The molecule has 1 amide bonds. The molecular formula is C22H21NO4. The second-order valence-electron chi connectivity index (χ2n) is 7.55. The Labute approximate surface area is 156 Å². The number of rotatable bonds is 3. The maximum absolute atomic E-state index is 12.6. The van der Waals surface area contributed by atoms with Gasteiger partial charge in [0.2, 0.25) is 5.91 Å². The van der Waals surface area contributed by atoms with Gasteiger partial charge < -0.3 is 14.1 Å². The summed E-state index contributed by atoms with van der Waals surface area (Å²) in [5, 5.41) is 1.96. The van der Waals surface area contributed by atoms with Crippen molar-refractivity contribution < 1.29 is 18.7 Å². The van der Waals surface area contributed by atoms with Crippen molar-refractivity contribution in [2.24, 2.45) is 11.8 Å². The minimum Gasteiger partial charge on any atom is -0.456 e. The highest BCUT2D eigenvalue weighted by Gasteiger charge is 2.36. The molecule has 2 aliphatic rings. The van der Waals surface area contributed by atoms with E-state index in [1.165, 1.54) is 0 Å². The number of amides is 1. The van der Waals surface area contributed by atoms with Crippen LogP contribution in [0, 0.1) is 11.8 Å². The van der Waals surface area contributed by atoms with E-state index < -0.39 is 0 Å². The number of hydrogen-bond donors (Lipinski definition) is 0. The maximum Gasteiger partial charge on any atom is 0.314 e. The summed E-state index contributed by atoms with van der Waals surface area (Å²) < 4.78 is 11.5. The lowest BCUT2D eigenvalue weighted by molar-refractivity contribution is -0.143. The third-order valence-electron chi connectivity index (χ3n) is 5.63. The maximum atomic E-state index is 12.6. The summed E-state index contributed by atoms with van der Waals surface area (Å²) in [6, 6.07) is 13.3. The van der Waals surface area contributed by atoms with Crippen LogP contribution in [0.4, 0.5) is 0 Å². The lowest BCUT2D eigenvalue weighted by Crippen LogP contribution is -2.41. The monoisotopic (exact) mass is 363 g/mol. The molecule has 0 unspecified atom stereocenters. The Kier molecular flexibility index (Phi) is 3.88. The van der Waals surface area contributed by atoms with E-state index in [4.69, 9.17) is 9.15 Å². The van der Waals surface area contributed by atoms with Crippen LogP contribution in [0.5, 0.6) is 5.75 Å². The van der Waals surface area contributed by atoms with E-state index in [1.807, 2.05) is 41.3 Å². The van der Waals surface area contributed by atoms with E-state index in [0.717, 1.165) is 34.8 Å². The molecule has 27 heavy (non-hydrogen) atoms. The molecule has 0 N–H and O–H groups in total. The summed E-state index contributed by atoms with van der Waals surface area (Å²) in [5.74, 6) is 0.686. The van der Waals surface area contributed by atoms with Crippen molar-refractivity contribution in [3.8, 4) is 5.75 Å². The Balaban J connectivity index is 1.28. The molecule has 0 atom stereocenters. The van der Waals surface area contributed by atoms with Crippen LogP contribution in [0.3, 0.4) is 0 Å². The fourth-order valence-electron chi connectivity index (χ4n) is 3.89. The molecule has 0 bridgehead atoms. The Hall–Kier alpha value is -2.82. The molecule has 2 aromatic carbocycles. The van der Waals surface area contributed by atoms with Crippen molar-refractivity contribution in [1.29, 1.82) is 0 Å². The molecule has 3 aromatic rings. The van der Waals surface area contributed by atoms with Crippen LogP contribution in [-0.2, 0) is 9.59 Å². The zero-order valence-electron chi connectivity index (χ0n) is 15.0. The van der Waals surface area contributed by atoms with Crippen LogP contribution < -0.4 is 4.74 Å². The second-order valence-corrected chi connectivity index (χ2v) is 7.55. The molecule has 2 heterocycles. The minimum atomic E-state index is -0.208. The van der Waals surface area contributed by atoms with E-state index in [2.05, 4.69) is 0 Å². The smallest absolute Gasteiger partial charge is 0.314 e. The number of piperidine rings is 1. The third kappa shape index (κ3) is 3.07. The van der Waals surface area contributed by atoms with Gasteiger partial charge in [0.1, 0.15) is 16.9 Å². The van der Waals surface area contributed by atoms with Crippen LogP contribution >= 0.6 is 0 Å². The largest absolute Gasteiger partial charge is 0.456 e. The molecular weight excluding hydrogens is 342 g/mol. The predicted octanol–water partition coefficient (Wildman–Crippen LogP) is 4.14. The van der Waals surface area contributed by atoms with Gasteiger partial charge in [0, 0.05) is 29.8 Å². The Morgan fingerprint density at radius 1 is 0.889 bits per heavy atom. The Morgan fingerprint density at radius 3 is 2.41 bits per heavy atom. The molecule has 1 saturated carbocycles. The summed E-state index contributed by atoms with van der Waals surface area (Å²) in [7, 11) is 0. The number of carbonyl (C=O) groups excluding carboxylic acids is 2. The third-order valence-corrected chi connectivity index (χ3v) is 5.63. The normalized spacial score (nSPS) is 18.1. The summed E-state index contributed by atoms with van der Waals surface area (Å²) >= 11 is 0. The van der Waals surface area contributed by atoms with Gasteiger partial charge >= 0.3 is 5.97 Å².